The van der Waals surface area contributed by atoms with Gasteiger partial charge in [-0.3, -0.25) is 14.6 Å². The lowest BCUT2D eigenvalue weighted by Gasteiger charge is -2.21. The van der Waals surface area contributed by atoms with Crippen molar-refractivity contribution >= 4 is 5.96 Å². The molecule has 1 aliphatic heterocycles. The molecule has 152 valence electrons. The number of guanidine groups is 1. The van der Waals surface area contributed by atoms with E-state index in [0.717, 1.165) is 51.5 Å². The van der Waals surface area contributed by atoms with Crippen molar-refractivity contribution in [3.05, 3.63) is 53.9 Å². The van der Waals surface area contributed by atoms with Crippen molar-refractivity contribution < 1.29 is 0 Å². The van der Waals surface area contributed by atoms with Crippen LogP contribution in [0.2, 0.25) is 0 Å². The molecule has 1 saturated heterocycles. The summed E-state index contributed by atoms with van der Waals surface area (Å²) in [4.78, 5) is 7.32. The van der Waals surface area contributed by atoms with Crippen LogP contribution in [0, 0.1) is 6.92 Å². The number of nitrogens with zero attached hydrogens (tertiary/aromatic N) is 4. The zero-order valence-electron chi connectivity index (χ0n) is 17.4. The number of nitrogens with one attached hydrogen (secondary N) is 2. The summed E-state index contributed by atoms with van der Waals surface area (Å²) < 4.78 is 1.99. The zero-order valence-corrected chi connectivity index (χ0v) is 17.4. The maximum Gasteiger partial charge on any atom is 0.191 e. The number of benzene rings is 1. The summed E-state index contributed by atoms with van der Waals surface area (Å²) in [7, 11) is 0. The van der Waals surface area contributed by atoms with Crippen LogP contribution in [0.1, 0.15) is 37.8 Å². The Kier molecular flexibility index (Phi) is 7.48. The maximum atomic E-state index is 4.77. The monoisotopic (exact) mass is 382 g/mol. The first-order chi connectivity index (χ1) is 13.6. The lowest BCUT2D eigenvalue weighted by Crippen LogP contribution is -2.44. The van der Waals surface area contributed by atoms with E-state index < -0.39 is 0 Å². The van der Waals surface area contributed by atoms with Crippen molar-refractivity contribution in [2.24, 2.45) is 4.99 Å². The summed E-state index contributed by atoms with van der Waals surface area (Å²) in [6.07, 6.45) is 6.11. The minimum absolute atomic E-state index is 0.435. The van der Waals surface area contributed by atoms with Crippen molar-refractivity contribution in [3.8, 4) is 0 Å². The molecule has 1 fully saturated rings. The van der Waals surface area contributed by atoms with Crippen LogP contribution in [0.5, 0.6) is 0 Å². The van der Waals surface area contributed by atoms with Crippen molar-refractivity contribution in [1.82, 2.24) is 25.3 Å². The Hall–Kier alpha value is -2.34. The highest BCUT2D eigenvalue weighted by atomic mass is 15.3. The molecule has 1 aromatic carbocycles. The summed E-state index contributed by atoms with van der Waals surface area (Å²) in [5.74, 6) is 0.929. The Labute approximate surface area is 169 Å². The van der Waals surface area contributed by atoms with Crippen LogP contribution in [0.4, 0.5) is 0 Å². The molecule has 0 saturated carbocycles. The Balaban J connectivity index is 1.47. The largest absolute Gasteiger partial charge is 0.357 e. The third kappa shape index (κ3) is 6.09. The van der Waals surface area contributed by atoms with Crippen molar-refractivity contribution in [1.29, 1.82) is 0 Å². The van der Waals surface area contributed by atoms with Crippen LogP contribution in [0.15, 0.2) is 47.7 Å². The predicted octanol–water partition coefficient (Wildman–Crippen LogP) is 2.80. The van der Waals surface area contributed by atoms with Gasteiger partial charge in [-0.25, -0.2) is 0 Å². The first kappa shape index (κ1) is 20.4. The molecule has 2 heterocycles. The normalized spacial score (nSPS) is 20.5. The van der Waals surface area contributed by atoms with Crippen LogP contribution < -0.4 is 10.6 Å². The number of rotatable bonds is 8. The van der Waals surface area contributed by atoms with E-state index in [-0.39, 0.29) is 0 Å². The predicted molar refractivity (Wildman–Crippen MR) is 115 cm³/mol. The van der Waals surface area contributed by atoms with Crippen LogP contribution >= 0.6 is 0 Å². The molecule has 2 N–H and O–H groups in total. The number of aromatic nitrogens is 2. The molecule has 2 atom stereocenters. The van der Waals surface area contributed by atoms with Gasteiger partial charge in [0.05, 0.1) is 6.20 Å². The first-order valence-electron chi connectivity index (χ1n) is 10.5. The Morgan fingerprint density at radius 3 is 2.82 bits per heavy atom. The van der Waals surface area contributed by atoms with Gasteiger partial charge in [-0.05, 0) is 44.7 Å². The average Bonchev–Trinajstić information content (AvgIpc) is 3.25. The van der Waals surface area contributed by atoms with Gasteiger partial charge in [0.15, 0.2) is 5.96 Å². The Morgan fingerprint density at radius 1 is 1.29 bits per heavy atom. The van der Waals surface area contributed by atoms with E-state index in [1.54, 1.807) is 0 Å². The molecule has 1 aliphatic rings. The van der Waals surface area contributed by atoms with Crippen molar-refractivity contribution in [3.63, 3.8) is 0 Å². The smallest absolute Gasteiger partial charge is 0.191 e. The fraction of sp³-hybridized carbons (Fsp3) is 0.545. The fourth-order valence-corrected chi connectivity index (χ4v) is 3.77. The highest BCUT2D eigenvalue weighted by molar-refractivity contribution is 5.80. The molecule has 0 aliphatic carbocycles. The minimum atomic E-state index is 0.435. The van der Waals surface area contributed by atoms with Gasteiger partial charge in [-0.2, -0.15) is 5.10 Å². The summed E-state index contributed by atoms with van der Waals surface area (Å²) >= 11 is 0. The van der Waals surface area contributed by atoms with E-state index in [9.17, 15) is 0 Å². The first-order valence-corrected chi connectivity index (χ1v) is 10.5. The van der Waals surface area contributed by atoms with Gasteiger partial charge >= 0.3 is 0 Å². The second-order valence-electron chi connectivity index (χ2n) is 7.74. The highest BCUT2D eigenvalue weighted by Gasteiger charge is 2.29. The molecule has 6 heteroatoms. The second kappa shape index (κ2) is 10.3. The van der Waals surface area contributed by atoms with Gasteiger partial charge in [-0.15, -0.1) is 0 Å². The number of likely N-dealkylation sites (tertiary alicyclic amines) is 1. The lowest BCUT2D eigenvalue weighted by molar-refractivity contribution is 0.258. The number of aliphatic imine (C=N–C) groups is 1. The average molecular weight is 383 g/mol. The van der Waals surface area contributed by atoms with Gasteiger partial charge in [-0.1, -0.05) is 30.3 Å². The van der Waals surface area contributed by atoms with E-state index in [1.165, 1.54) is 11.1 Å². The molecule has 28 heavy (non-hydrogen) atoms. The van der Waals surface area contributed by atoms with Gasteiger partial charge in [0.2, 0.25) is 0 Å². The van der Waals surface area contributed by atoms with Crippen molar-refractivity contribution in [2.75, 3.05) is 19.6 Å². The highest BCUT2D eigenvalue weighted by Crippen LogP contribution is 2.20. The van der Waals surface area contributed by atoms with Crippen LogP contribution in [-0.2, 0) is 13.1 Å². The number of hydrogen-bond donors (Lipinski definition) is 2. The SMILES string of the molecule is CCNC(=NCCCn1cc(C)cn1)NC1CC(C)N(Cc2ccccc2)C1. The van der Waals surface area contributed by atoms with Crippen molar-refractivity contribution in [2.45, 2.75) is 58.8 Å². The third-order valence-corrected chi connectivity index (χ3v) is 5.20. The number of hydrogen-bond acceptors (Lipinski definition) is 3. The van der Waals surface area contributed by atoms with Gasteiger partial charge < -0.3 is 10.6 Å². The van der Waals surface area contributed by atoms with E-state index in [0.29, 0.717) is 12.1 Å². The van der Waals surface area contributed by atoms with Gasteiger partial charge in [0, 0.05) is 51.0 Å². The number of aryl methyl sites for hydroxylation is 2. The van der Waals surface area contributed by atoms with Crippen LogP contribution in [-0.4, -0.2) is 52.4 Å². The third-order valence-electron chi connectivity index (χ3n) is 5.20. The Morgan fingerprint density at radius 2 is 2.11 bits per heavy atom. The van der Waals surface area contributed by atoms with E-state index in [1.807, 2.05) is 10.9 Å². The molecule has 2 unspecified atom stereocenters. The lowest BCUT2D eigenvalue weighted by atomic mass is 10.2. The Bertz CT molecular complexity index is 738. The standard InChI is InChI=1S/C22H34N6/c1-4-23-22(24-11-8-12-28-15-18(2)14-25-28)26-21-13-19(3)27(17-21)16-20-9-6-5-7-10-20/h5-7,9-10,14-15,19,21H,4,8,11-13,16-17H2,1-3H3,(H2,23,24,26). The van der Waals surface area contributed by atoms with E-state index >= 15 is 0 Å². The summed E-state index contributed by atoms with van der Waals surface area (Å²) in [6.45, 7) is 11.1. The molecule has 3 rings (SSSR count). The molecule has 6 nitrogen and oxygen atoms in total. The second-order valence-corrected chi connectivity index (χ2v) is 7.74. The summed E-state index contributed by atoms with van der Waals surface area (Å²) in [5, 5.41) is 11.4. The van der Waals surface area contributed by atoms with Gasteiger partial charge in [0.25, 0.3) is 0 Å². The van der Waals surface area contributed by atoms with Gasteiger partial charge in [0.1, 0.15) is 0 Å². The maximum absolute atomic E-state index is 4.77. The molecule has 2 aromatic rings. The van der Waals surface area contributed by atoms with E-state index in [2.05, 4.69) is 77.9 Å². The molecule has 0 amide bonds. The zero-order chi connectivity index (χ0) is 19.8. The topological polar surface area (TPSA) is 57.5 Å². The molecular weight excluding hydrogens is 348 g/mol. The minimum Gasteiger partial charge on any atom is -0.357 e. The fourth-order valence-electron chi connectivity index (χ4n) is 3.77. The molecular formula is C22H34N6. The summed E-state index contributed by atoms with van der Waals surface area (Å²) in [6, 6.07) is 11.7. The molecule has 0 spiro atoms. The summed E-state index contributed by atoms with van der Waals surface area (Å²) in [5.41, 5.74) is 2.58. The van der Waals surface area contributed by atoms with Crippen LogP contribution in [0.25, 0.3) is 0 Å². The van der Waals surface area contributed by atoms with Crippen LogP contribution in [0.3, 0.4) is 0 Å². The van der Waals surface area contributed by atoms with E-state index in [4.69, 9.17) is 4.99 Å². The quantitative estimate of drug-likeness (QED) is 0.419. The molecule has 0 bridgehead atoms. The molecule has 0 radical (unpaired) electrons. The molecule has 1 aromatic heterocycles.